The Balaban J connectivity index is 1.51. The molecule has 2 radical (unpaired) electrons. The molecule has 2 aliphatic rings. The first kappa shape index (κ1) is 16.1. The highest BCUT2D eigenvalue weighted by molar-refractivity contribution is 6.08. The number of rotatable bonds is 5. The number of benzene rings is 1. The molecule has 2 nitrogen and oxygen atoms in total. The number of aryl methyl sites for hydroxylation is 2. The molecule has 1 aromatic carbocycles. The van der Waals surface area contributed by atoms with Gasteiger partial charge in [-0.1, -0.05) is 37.4 Å². The lowest BCUT2D eigenvalue weighted by Crippen LogP contribution is -2.59. The second-order valence-corrected chi connectivity index (χ2v) is 7.34. The zero-order valence-corrected chi connectivity index (χ0v) is 13.9. The lowest BCUT2D eigenvalue weighted by atomic mass is 9.83. The van der Waals surface area contributed by atoms with Crippen LogP contribution >= 0.6 is 0 Å². The maximum absolute atomic E-state index is 6.30. The van der Waals surface area contributed by atoms with Gasteiger partial charge < -0.3 is 5.73 Å². The van der Waals surface area contributed by atoms with E-state index >= 15 is 0 Å². The summed E-state index contributed by atoms with van der Waals surface area (Å²) in [6.45, 7) is 4.72. The van der Waals surface area contributed by atoms with E-state index in [0.717, 1.165) is 18.7 Å². The number of nitrogens with zero attached hydrogens (tertiary/aromatic N) is 1. The minimum atomic E-state index is 0.409. The van der Waals surface area contributed by atoms with Crippen LogP contribution in [0.2, 0.25) is 6.32 Å². The van der Waals surface area contributed by atoms with Gasteiger partial charge >= 0.3 is 0 Å². The molecule has 2 N–H and O–H groups in total. The maximum Gasteiger partial charge on any atom is 0.0657 e. The average Bonchev–Trinajstić information content (AvgIpc) is 2.46. The maximum atomic E-state index is 6.30. The molecule has 0 bridgehead atoms. The van der Waals surface area contributed by atoms with Crippen LogP contribution < -0.4 is 5.73 Å². The molecule has 0 aromatic heterocycles. The van der Waals surface area contributed by atoms with Crippen LogP contribution in [-0.2, 0) is 12.8 Å². The molecular weight excluding hydrogens is 267 g/mol. The number of hydrogen-bond donors (Lipinski definition) is 1. The predicted octanol–water partition coefficient (Wildman–Crippen LogP) is 2.87. The lowest BCUT2D eigenvalue weighted by Gasteiger charge is -2.48. The zero-order chi connectivity index (χ0) is 15.5. The highest BCUT2D eigenvalue weighted by atomic mass is 15.2. The summed E-state index contributed by atoms with van der Waals surface area (Å²) in [4.78, 5) is 2.63. The second-order valence-electron chi connectivity index (χ2n) is 7.34. The molecule has 118 valence electrons. The molecule has 1 saturated heterocycles. The van der Waals surface area contributed by atoms with Crippen molar-refractivity contribution >= 4 is 7.85 Å². The zero-order valence-electron chi connectivity index (χ0n) is 13.9. The van der Waals surface area contributed by atoms with Crippen LogP contribution in [0.3, 0.4) is 0 Å². The Hall–Kier alpha value is -0.795. The molecule has 0 spiro atoms. The molecule has 1 aliphatic heterocycles. The smallest absolute Gasteiger partial charge is 0.0657 e. The molecule has 3 heteroatoms. The van der Waals surface area contributed by atoms with Crippen molar-refractivity contribution in [1.29, 1.82) is 0 Å². The van der Waals surface area contributed by atoms with Gasteiger partial charge in [-0.3, -0.25) is 4.90 Å². The molecule has 0 amide bonds. The highest BCUT2D eigenvalue weighted by Gasteiger charge is 2.36. The van der Waals surface area contributed by atoms with Gasteiger partial charge in [-0.05, 0) is 55.2 Å². The van der Waals surface area contributed by atoms with E-state index < -0.39 is 0 Å². The Bertz CT molecular complexity index is 496. The van der Waals surface area contributed by atoms with Crippen molar-refractivity contribution in [3.8, 4) is 0 Å². The molecule has 1 saturated carbocycles. The van der Waals surface area contributed by atoms with Crippen molar-refractivity contribution in [2.45, 2.75) is 63.9 Å². The first-order chi connectivity index (χ1) is 10.7. The third-order valence-corrected chi connectivity index (χ3v) is 5.58. The number of nitrogens with two attached hydrogens (primary N) is 1. The van der Waals surface area contributed by atoms with Crippen molar-refractivity contribution in [1.82, 2.24) is 4.90 Å². The van der Waals surface area contributed by atoms with Gasteiger partial charge in [0, 0.05) is 25.2 Å². The van der Waals surface area contributed by atoms with E-state index in [1.165, 1.54) is 61.9 Å². The van der Waals surface area contributed by atoms with Gasteiger partial charge in [0.2, 0.25) is 0 Å². The van der Waals surface area contributed by atoms with E-state index in [1.54, 1.807) is 0 Å². The Kier molecular flexibility index (Phi) is 5.25. The van der Waals surface area contributed by atoms with E-state index in [2.05, 4.69) is 30.0 Å². The molecule has 1 aliphatic carbocycles. The van der Waals surface area contributed by atoms with Crippen LogP contribution in [0.4, 0.5) is 0 Å². The summed E-state index contributed by atoms with van der Waals surface area (Å²) in [6.07, 6.45) is 8.14. The summed E-state index contributed by atoms with van der Waals surface area (Å²) in [7, 11) is 5.64. The molecule has 1 heterocycles. The van der Waals surface area contributed by atoms with E-state index in [1.807, 2.05) is 0 Å². The quantitative estimate of drug-likeness (QED) is 0.847. The summed E-state index contributed by atoms with van der Waals surface area (Å²) in [5, 5.41) is 0. The van der Waals surface area contributed by atoms with E-state index in [0.29, 0.717) is 12.1 Å². The monoisotopic (exact) mass is 296 g/mol. The average molecular weight is 296 g/mol. The number of likely N-dealkylation sites (tertiary alicyclic amines) is 1. The van der Waals surface area contributed by atoms with Crippen LogP contribution in [-0.4, -0.2) is 37.9 Å². The van der Waals surface area contributed by atoms with Gasteiger partial charge in [0.05, 0.1) is 7.85 Å². The van der Waals surface area contributed by atoms with Crippen molar-refractivity contribution in [2.75, 3.05) is 13.1 Å². The van der Waals surface area contributed by atoms with E-state index in [4.69, 9.17) is 13.6 Å². The van der Waals surface area contributed by atoms with Crippen molar-refractivity contribution in [3.05, 3.63) is 34.9 Å². The fourth-order valence-corrected chi connectivity index (χ4v) is 4.22. The molecule has 3 rings (SSSR count). The third-order valence-electron chi connectivity index (χ3n) is 5.58. The fraction of sp³-hybridized carbons (Fsp3) is 0.684. The first-order valence-corrected chi connectivity index (χ1v) is 8.95. The Morgan fingerprint density at radius 2 is 2.00 bits per heavy atom. The van der Waals surface area contributed by atoms with Crippen LogP contribution in [0.1, 0.15) is 42.4 Å². The summed E-state index contributed by atoms with van der Waals surface area (Å²) in [5.41, 5.74) is 10.6. The van der Waals surface area contributed by atoms with Gasteiger partial charge in [-0.25, -0.2) is 0 Å². The summed E-state index contributed by atoms with van der Waals surface area (Å²) in [5.74, 6) is 0.813. The van der Waals surface area contributed by atoms with Crippen LogP contribution in [0.15, 0.2) is 18.2 Å². The minimum Gasteiger partial charge on any atom is -0.326 e. The van der Waals surface area contributed by atoms with Crippen LogP contribution in [0, 0.1) is 12.8 Å². The highest BCUT2D eigenvalue weighted by Crippen LogP contribution is 2.30. The topological polar surface area (TPSA) is 29.3 Å². The molecule has 1 aromatic rings. The SMILES string of the molecule is [B]CCc1ccc(CC2CN(C3CCCCC3N)C2)c(C)c1. The van der Waals surface area contributed by atoms with Gasteiger partial charge in [0.25, 0.3) is 0 Å². The second kappa shape index (κ2) is 7.19. The largest absolute Gasteiger partial charge is 0.326 e. The normalized spacial score (nSPS) is 26.8. The van der Waals surface area contributed by atoms with Crippen LogP contribution in [0.5, 0.6) is 0 Å². The van der Waals surface area contributed by atoms with Gasteiger partial charge in [-0.2, -0.15) is 0 Å². The Morgan fingerprint density at radius 3 is 2.68 bits per heavy atom. The molecule has 2 unspecified atom stereocenters. The molecule has 2 atom stereocenters. The lowest BCUT2D eigenvalue weighted by molar-refractivity contribution is 0.0261. The molecule has 22 heavy (non-hydrogen) atoms. The van der Waals surface area contributed by atoms with Gasteiger partial charge in [0.1, 0.15) is 0 Å². The van der Waals surface area contributed by atoms with E-state index in [-0.39, 0.29) is 0 Å². The van der Waals surface area contributed by atoms with Crippen molar-refractivity contribution < 1.29 is 0 Å². The first-order valence-electron chi connectivity index (χ1n) is 8.95. The van der Waals surface area contributed by atoms with Crippen molar-refractivity contribution in [2.24, 2.45) is 11.7 Å². The Labute approximate surface area is 136 Å². The molecular formula is C19H29BN2. The predicted molar refractivity (Wildman–Crippen MR) is 94.4 cm³/mol. The fourth-order valence-electron chi connectivity index (χ4n) is 4.22. The number of hydrogen-bond acceptors (Lipinski definition) is 2. The third kappa shape index (κ3) is 3.57. The van der Waals surface area contributed by atoms with Crippen LogP contribution in [0.25, 0.3) is 0 Å². The minimum absolute atomic E-state index is 0.409. The van der Waals surface area contributed by atoms with Gasteiger partial charge in [0.15, 0.2) is 0 Å². The summed E-state index contributed by atoms with van der Waals surface area (Å²) in [6, 6.07) is 7.94. The van der Waals surface area contributed by atoms with Gasteiger partial charge in [-0.15, -0.1) is 0 Å². The molecule has 2 fully saturated rings. The Morgan fingerprint density at radius 1 is 1.23 bits per heavy atom. The van der Waals surface area contributed by atoms with E-state index in [9.17, 15) is 0 Å². The summed E-state index contributed by atoms with van der Waals surface area (Å²) >= 11 is 0. The standard InChI is InChI=1S/C19H29BN2/c1-14-10-15(8-9-20)6-7-17(14)11-16-12-22(13-16)19-5-3-2-4-18(19)21/h6-7,10,16,18-19H,2-5,8-9,11-13,21H2,1H3. The van der Waals surface area contributed by atoms with Crippen molar-refractivity contribution in [3.63, 3.8) is 0 Å². The summed E-state index contributed by atoms with van der Waals surface area (Å²) < 4.78 is 0.